The molecule has 2 aromatic rings. The summed E-state index contributed by atoms with van der Waals surface area (Å²) in [6.07, 6.45) is 0. The van der Waals surface area contributed by atoms with Crippen molar-refractivity contribution in [3.05, 3.63) is 53.8 Å². The molecule has 0 fully saturated rings. The molecule has 106 valence electrons. The van der Waals surface area contributed by atoms with Gasteiger partial charge in [-0.3, -0.25) is 4.79 Å². The number of thioether (sulfide) groups is 1. The fraction of sp³-hybridized carbons (Fsp3) is 0.0667. The van der Waals surface area contributed by atoms with E-state index in [1.54, 1.807) is 30.3 Å². The van der Waals surface area contributed by atoms with E-state index in [0.29, 0.717) is 16.1 Å². The van der Waals surface area contributed by atoms with E-state index in [1.807, 2.05) is 6.07 Å². The van der Waals surface area contributed by atoms with Crippen LogP contribution in [-0.2, 0) is 4.79 Å². The number of nitrogens with two attached hydrogens (primary N) is 1. The highest BCUT2D eigenvalue weighted by Gasteiger charge is 2.08. The summed E-state index contributed by atoms with van der Waals surface area (Å²) < 4.78 is 13.3. The van der Waals surface area contributed by atoms with Crippen molar-refractivity contribution in [1.82, 2.24) is 0 Å². The SMILES string of the molecule is N#Cc1ccccc1NC(=O)CSc1ccc(N)c(F)c1. The summed E-state index contributed by atoms with van der Waals surface area (Å²) in [6.45, 7) is 0. The van der Waals surface area contributed by atoms with E-state index in [-0.39, 0.29) is 17.3 Å². The second-order valence-corrected chi connectivity index (χ2v) is 5.23. The fourth-order valence-electron chi connectivity index (χ4n) is 1.62. The standard InChI is InChI=1S/C15H12FN3OS/c16-12-7-11(5-6-13(12)18)21-9-15(20)19-14-4-2-1-3-10(14)8-17/h1-7H,9,18H2,(H,19,20). The number of nitrogen functional groups attached to an aromatic ring is 1. The van der Waals surface area contributed by atoms with Crippen molar-refractivity contribution in [1.29, 1.82) is 5.26 Å². The first kappa shape index (κ1) is 14.9. The molecule has 1 amide bonds. The van der Waals surface area contributed by atoms with Crippen LogP contribution in [0.15, 0.2) is 47.4 Å². The van der Waals surface area contributed by atoms with Crippen molar-refractivity contribution in [2.75, 3.05) is 16.8 Å². The topological polar surface area (TPSA) is 78.9 Å². The quantitative estimate of drug-likeness (QED) is 0.672. The third-order valence-electron chi connectivity index (χ3n) is 2.66. The van der Waals surface area contributed by atoms with Crippen molar-refractivity contribution in [2.45, 2.75) is 4.90 Å². The first-order valence-corrected chi connectivity index (χ1v) is 7.05. The van der Waals surface area contributed by atoms with Crippen LogP contribution in [0, 0.1) is 17.1 Å². The van der Waals surface area contributed by atoms with Crippen molar-refractivity contribution in [3.63, 3.8) is 0 Å². The number of nitriles is 1. The summed E-state index contributed by atoms with van der Waals surface area (Å²) in [7, 11) is 0. The van der Waals surface area contributed by atoms with Gasteiger partial charge >= 0.3 is 0 Å². The number of para-hydroxylation sites is 1. The third-order valence-corrected chi connectivity index (χ3v) is 3.66. The van der Waals surface area contributed by atoms with Gasteiger partial charge in [-0.2, -0.15) is 5.26 Å². The smallest absolute Gasteiger partial charge is 0.234 e. The number of hydrogen-bond acceptors (Lipinski definition) is 4. The van der Waals surface area contributed by atoms with E-state index in [4.69, 9.17) is 11.0 Å². The van der Waals surface area contributed by atoms with Gasteiger partial charge in [0, 0.05) is 4.90 Å². The number of anilines is 2. The third kappa shape index (κ3) is 3.97. The van der Waals surface area contributed by atoms with Crippen LogP contribution in [0.4, 0.5) is 15.8 Å². The maximum Gasteiger partial charge on any atom is 0.234 e. The largest absolute Gasteiger partial charge is 0.396 e. The Morgan fingerprint density at radius 1 is 1.33 bits per heavy atom. The molecule has 0 spiro atoms. The molecular weight excluding hydrogens is 289 g/mol. The predicted octanol–water partition coefficient (Wildman–Crippen LogP) is 3.01. The zero-order valence-corrected chi connectivity index (χ0v) is 11.8. The van der Waals surface area contributed by atoms with E-state index in [2.05, 4.69) is 5.32 Å². The van der Waals surface area contributed by atoms with Gasteiger partial charge in [-0.15, -0.1) is 11.8 Å². The van der Waals surface area contributed by atoms with Crippen LogP contribution < -0.4 is 11.1 Å². The zero-order chi connectivity index (χ0) is 15.2. The minimum atomic E-state index is -0.504. The molecule has 3 N–H and O–H groups in total. The van der Waals surface area contributed by atoms with Crippen molar-refractivity contribution >= 4 is 29.0 Å². The molecule has 2 rings (SSSR count). The van der Waals surface area contributed by atoms with Gasteiger partial charge in [0.25, 0.3) is 0 Å². The maximum atomic E-state index is 13.3. The Morgan fingerprint density at radius 2 is 2.10 bits per heavy atom. The Balaban J connectivity index is 1.96. The monoisotopic (exact) mass is 301 g/mol. The van der Waals surface area contributed by atoms with Gasteiger partial charge < -0.3 is 11.1 Å². The highest BCUT2D eigenvalue weighted by atomic mass is 32.2. The molecule has 0 aliphatic carbocycles. The summed E-state index contributed by atoms with van der Waals surface area (Å²) in [4.78, 5) is 12.5. The van der Waals surface area contributed by atoms with E-state index < -0.39 is 5.82 Å². The van der Waals surface area contributed by atoms with E-state index in [9.17, 15) is 9.18 Å². The Kier molecular flexibility index (Phi) is 4.80. The highest BCUT2D eigenvalue weighted by Crippen LogP contribution is 2.22. The lowest BCUT2D eigenvalue weighted by Crippen LogP contribution is -2.14. The lowest BCUT2D eigenvalue weighted by Gasteiger charge is -2.07. The Labute approximate surface area is 125 Å². The van der Waals surface area contributed by atoms with Crippen molar-refractivity contribution < 1.29 is 9.18 Å². The lowest BCUT2D eigenvalue weighted by atomic mass is 10.2. The number of nitrogens with one attached hydrogen (secondary N) is 1. The number of carbonyl (C=O) groups excluding carboxylic acids is 1. The summed E-state index contributed by atoms with van der Waals surface area (Å²) in [6, 6.07) is 13.1. The molecule has 0 bridgehead atoms. The van der Waals surface area contributed by atoms with E-state index in [1.165, 1.54) is 23.9 Å². The van der Waals surface area contributed by atoms with Gasteiger partial charge in [0.05, 0.1) is 22.7 Å². The second-order valence-electron chi connectivity index (χ2n) is 4.18. The zero-order valence-electron chi connectivity index (χ0n) is 11.0. The molecule has 2 aromatic carbocycles. The molecule has 0 aromatic heterocycles. The molecule has 0 saturated carbocycles. The molecule has 4 nitrogen and oxygen atoms in total. The van der Waals surface area contributed by atoms with Gasteiger partial charge in [0.15, 0.2) is 0 Å². The van der Waals surface area contributed by atoms with Crippen LogP contribution in [0.1, 0.15) is 5.56 Å². The van der Waals surface area contributed by atoms with Crippen molar-refractivity contribution in [3.8, 4) is 6.07 Å². The van der Waals surface area contributed by atoms with Gasteiger partial charge in [0.1, 0.15) is 11.9 Å². The number of halogens is 1. The first-order valence-electron chi connectivity index (χ1n) is 6.07. The summed E-state index contributed by atoms with van der Waals surface area (Å²) in [5.41, 5.74) is 6.32. The predicted molar refractivity (Wildman–Crippen MR) is 81.3 cm³/mol. The van der Waals surface area contributed by atoms with Crippen LogP contribution >= 0.6 is 11.8 Å². The minimum Gasteiger partial charge on any atom is -0.396 e. The normalized spacial score (nSPS) is 9.90. The second kappa shape index (κ2) is 6.77. The van der Waals surface area contributed by atoms with Crippen molar-refractivity contribution in [2.24, 2.45) is 0 Å². The molecule has 21 heavy (non-hydrogen) atoms. The minimum absolute atomic E-state index is 0.0757. The van der Waals surface area contributed by atoms with E-state index in [0.717, 1.165) is 0 Å². The molecule has 0 aliphatic heterocycles. The van der Waals surface area contributed by atoms with Crippen LogP contribution in [0.2, 0.25) is 0 Å². The average molecular weight is 301 g/mol. The molecule has 0 unspecified atom stereocenters. The fourth-order valence-corrected chi connectivity index (χ4v) is 2.34. The molecule has 0 heterocycles. The molecule has 6 heteroatoms. The van der Waals surface area contributed by atoms with Crippen LogP contribution in [0.25, 0.3) is 0 Å². The summed E-state index contributed by atoms with van der Waals surface area (Å²) in [5.74, 6) is -0.654. The molecule has 0 saturated heterocycles. The average Bonchev–Trinajstić information content (AvgIpc) is 2.49. The summed E-state index contributed by atoms with van der Waals surface area (Å²) in [5, 5.41) is 11.6. The van der Waals surface area contributed by atoms with Crippen LogP contribution in [0.5, 0.6) is 0 Å². The Bertz CT molecular complexity index is 712. The van der Waals surface area contributed by atoms with Gasteiger partial charge in [-0.1, -0.05) is 12.1 Å². The number of carbonyl (C=O) groups is 1. The number of benzene rings is 2. The van der Waals surface area contributed by atoms with Gasteiger partial charge in [-0.05, 0) is 30.3 Å². The number of rotatable bonds is 4. The Hall–Kier alpha value is -2.52. The number of amides is 1. The van der Waals surface area contributed by atoms with Gasteiger partial charge in [-0.25, -0.2) is 4.39 Å². The lowest BCUT2D eigenvalue weighted by molar-refractivity contribution is -0.113. The number of nitrogens with zero attached hydrogens (tertiary/aromatic N) is 1. The molecular formula is C15H12FN3OS. The van der Waals surface area contributed by atoms with E-state index >= 15 is 0 Å². The molecule has 0 aliphatic rings. The molecule has 0 radical (unpaired) electrons. The van der Waals surface area contributed by atoms with Crippen LogP contribution in [0.3, 0.4) is 0 Å². The molecule has 0 atom stereocenters. The van der Waals surface area contributed by atoms with Crippen LogP contribution in [-0.4, -0.2) is 11.7 Å². The highest BCUT2D eigenvalue weighted by molar-refractivity contribution is 8.00. The van der Waals surface area contributed by atoms with Gasteiger partial charge in [0.2, 0.25) is 5.91 Å². The first-order chi connectivity index (χ1) is 10.1. The Morgan fingerprint density at radius 3 is 2.81 bits per heavy atom. The number of hydrogen-bond donors (Lipinski definition) is 2. The summed E-state index contributed by atoms with van der Waals surface area (Å²) >= 11 is 1.19. The maximum absolute atomic E-state index is 13.3.